The molecule has 0 bridgehead atoms. The zero-order valence-corrected chi connectivity index (χ0v) is 18.0. The number of nitrogens with one attached hydrogen (secondary N) is 2. The number of urea groups is 1. The Kier molecular flexibility index (Phi) is 7.22. The highest BCUT2D eigenvalue weighted by Gasteiger charge is 2.48. The van der Waals surface area contributed by atoms with Gasteiger partial charge < -0.3 is 21.3 Å². The van der Waals surface area contributed by atoms with Gasteiger partial charge in [-0.15, -0.1) is 0 Å². The second kappa shape index (κ2) is 10.1. The van der Waals surface area contributed by atoms with E-state index in [9.17, 15) is 19.5 Å². The van der Waals surface area contributed by atoms with Crippen LogP contribution in [0.5, 0.6) is 0 Å². The predicted molar refractivity (Wildman–Crippen MR) is 123 cm³/mol. The fourth-order valence-electron chi connectivity index (χ4n) is 3.36. The first-order valence-corrected chi connectivity index (χ1v) is 10.2. The van der Waals surface area contributed by atoms with Gasteiger partial charge in [-0.05, 0) is 41.3 Å². The van der Waals surface area contributed by atoms with Crippen LogP contribution < -0.4 is 16.4 Å². The molecule has 3 amide bonds. The number of nitrogens with two attached hydrogens (primary N) is 1. The lowest BCUT2D eigenvalue weighted by Gasteiger charge is -2.27. The lowest BCUT2D eigenvalue weighted by atomic mass is 9.89. The zero-order chi connectivity index (χ0) is 24.0. The molecule has 0 aromatic heterocycles. The van der Waals surface area contributed by atoms with Crippen molar-refractivity contribution in [1.29, 1.82) is 0 Å². The Bertz CT molecular complexity index is 1130. The number of carboxylic acid groups (broad SMARTS) is 1. The van der Waals surface area contributed by atoms with Gasteiger partial charge in [0.15, 0.2) is 0 Å². The Labute approximate surface area is 191 Å². The molecule has 0 saturated carbocycles. The maximum absolute atomic E-state index is 11.9. The van der Waals surface area contributed by atoms with Crippen LogP contribution in [0.1, 0.15) is 34.5 Å². The number of aromatic carboxylic acids is 1. The fourth-order valence-corrected chi connectivity index (χ4v) is 3.36. The van der Waals surface area contributed by atoms with Crippen LogP contribution in [0, 0.1) is 0 Å². The van der Waals surface area contributed by atoms with E-state index in [0.717, 1.165) is 11.1 Å². The summed E-state index contributed by atoms with van der Waals surface area (Å²) < 4.78 is 0. The first kappa shape index (κ1) is 23.6. The van der Waals surface area contributed by atoms with Gasteiger partial charge in [-0.1, -0.05) is 66.7 Å². The molecule has 0 radical (unpaired) electrons. The molecular weight excluding hydrogens is 422 g/mol. The molecule has 4 rings (SSSR count). The van der Waals surface area contributed by atoms with E-state index in [2.05, 4.69) is 10.6 Å². The number of aliphatic hydroxyl groups is 1. The van der Waals surface area contributed by atoms with Gasteiger partial charge in [-0.25, -0.2) is 9.59 Å². The molecule has 8 heteroatoms. The van der Waals surface area contributed by atoms with Gasteiger partial charge in [0.1, 0.15) is 11.6 Å². The van der Waals surface area contributed by atoms with Crippen molar-refractivity contribution in [2.45, 2.75) is 25.1 Å². The van der Waals surface area contributed by atoms with Gasteiger partial charge in [-0.3, -0.25) is 10.1 Å². The van der Waals surface area contributed by atoms with Gasteiger partial charge in [0, 0.05) is 6.54 Å². The van der Waals surface area contributed by atoms with Gasteiger partial charge in [0.05, 0.1) is 5.56 Å². The van der Waals surface area contributed by atoms with E-state index >= 15 is 0 Å². The van der Waals surface area contributed by atoms with E-state index in [0.29, 0.717) is 12.1 Å². The summed E-state index contributed by atoms with van der Waals surface area (Å²) in [5.74, 6) is -1.58. The summed E-state index contributed by atoms with van der Waals surface area (Å²) in [6, 6.07) is 22.6. The van der Waals surface area contributed by atoms with Crippen molar-refractivity contribution in [1.82, 2.24) is 10.6 Å². The van der Waals surface area contributed by atoms with E-state index in [-0.39, 0.29) is 5.56 Å². The van der Waals surface area contributed by atoms with Gasteiger partial charge >= 0.3 is 12.0 Å². The molecule has 3 aromatic rings. The highest BCUT2D eigenvalue weighted by Crippen LogP contribution is 2.30. The SMILES string of the molecule is CC1(C(O)c2ccc(-c3ccc(C(=O)O)cc3)cc2)NC(=O)NC1=O.NCc1ccccc1. The molecule has 170 valence electrons. The van der Waals surface area contributed by atoms with Crippen LogP contribution in [0.15, 0.2) is 78.9 Å². The monoisotopic (exact) mass is 447 g/mol. The minimum Gasteiger partial charge on any atom is -0.478 e. The van der Waals surface area contributed by atoms with Crippen molar-refractivity contribution in [3.63, 3.8) is 0 Å². The van der Waals surface area contributed by atoms with Crippen LogP contribution in [0.3, 0.4) is 0 Å². The third-order valence-corrected chi connectivity index (χ3v) is 5.39. The summed E-state index contributed by atoms with van der Waals surface area (Å²) in [7, 11) is 0. The van der Waals surface area contributed by atoms with E-state index in [1.54, 1.807) is 36.4 Å². The van der Waals surface area contributed by atoms with Crippen molar-refractivity contribution in [3.05, 3.63) is 95.6 Å². The van der Waals surface area contributed by atoms with E-state index in [4.69, 9.17) is 10.8 Å². The maximum Gasteiger partial charge on any atom is 0.335 e. The second-order valence-electron chi connectivity index (χ2n) is 7.71. The van der Waals surface area contributed by atoms with Gasteiger partial charge in [0.2, 0.25) is 0 Å². The Morgan fingerprint density at radius 2 is 1.48 bits per heavy atom. The summed E-state index contributed by atoms with van der Waals surface area (Å²) in [6.45, 7) is 2.09. The lowest BCUT2D eigenvalue weighted by molar-refractivity contribution is -0.127. The molecular formula is C25H25N3O5. The molecule has 2 unspecified atom stereocenters. The van der Waals surface area contributed by atoms with Crippen molar-refractivity contribution >= 4 is 17.9 Å². The number of hydrogen-bond donors (Lipinski definition) is 5. The smallest absolute Gasteiger partial charge is 0.335 e. The summed E-state index contributed by atoms with van der Waals surface area (Å²) in [5.41, 5.74) is 7.44. The van der Waals surface area contributed by atoms with E-state index in [1.807, 2.05) is 30.3 Å². The first-order chi connectivity index (χ1) is 15.7. The number of hydrogen-bond acceptors (Lipinski definition) is 5. The number of benzene rings is 3. The number of carboxylic acids is 1. The topological polar surface area (TPSA) is 142 Å². The molecule has 1 aliphatic rings. The molecule has 6 N–H and O–H groups in total. The Morgan fingerprint density at radius 3 is 1.91 bits per heavy atom. The Hall–Kier alpha value is -4.01. The third-order valence-electron chi connectivity index (χ3n) is 5.39. The summed E-state index contributed by atoms with van der Waals surface area (Å²) in [5, 5.41) is 24.0. The van der Waals surface area contributed by atoms with Crippen LogP contribution in [0.2, 0.25) is 0 Å². The van der Waals surface area contributed by atoms with Crippen LogP contribution in [-0.2, 0) is 11.3 Å². The average molecular weight is 447 g/mol. The molecule has 1 fully saturated rings. The number of carbonyl (C=O) groups is 3. The van der Waals surface area contributed by atoms with Crippen molar-refractivity contribution in [2.24, 2.45) is 5.73 Å². The zero-order valence-electron chi connectivity index (χ0n) is 18.0. The molecule has 8 nitrogen and oxygen atoms in total. The molecule has 1 aliphatic heterocycles. The number of aliphatic hydroxyl groups excluding tert-OH is 1. The fraction of sp³-hybridized carbons (Fsp3) is 0.160. The summed E-state index contributed by atoms with van der Waals surface area (Å²) in [6.07, 6.45) is -1.21. The van der Waals surface area contributed by atoms with Crippen LogP contribution in [-0.4, -0.2) is 33.7 Å². The largest absolute Gasteiger partial charge is 0.478 e. The molecule has 3 aromatic carbocycles. The molecule has 0 spiro atoms. The molecule has 1 saturated heterocycles. The van der Waals surface area contributed by atoms with E-state index < -0.39 is 29.6 Å². The number of rotatable bonds is 5. The molecule has 33 heavy (non-hydrogen) atoms. The second-order valence-corrected chi connectivity index (χ2v) is 7.71. The maximum atomic E-state index is 11.9. The van der Waals surface area contributed by atoms with Crippen LogP contribution in [0.4, 0.5) is 4.79 Å². The quantitative estimate of drug-likeness (QED) is 0.381. The molecule has 1 heterocycles. The third kappa shape index (κ3) is 5.43. The Morgan fingerprint density at radius 1 is 0.939 bits per heavy atom. The summed E-state index contributed by atoms with van der Waals surface area (Å²) in [4.78, 5) is 34.1. The minimum absolute atomic E-state index is 0.201. The standard InChI is InChI=1S/C18H16N2O5.C7H9N/c1-18(16(24)19-17(25)20-18)14(21)12-6-2-10(3-7-12)11-4-8-13(9-5-11)15(22)23;8-6-7-4-2-1-3-5-7/h2-9,14,21H,1H3,(H,22,23)(H2,19,20,24,25);1-5H,6,8H2. The Balaban J connectivity index is 0.000000323. The molecule has 0 aliphatic carbocycles. The predicted octanol–water partition coefficient (Wildman–Crippen LogP) is 2.83. The van der Waals surface area contributed by atoms with Gasteiger partial charge in [0.25, 0.3) is 5.91 Å². The average Bonchev–Trinajstić information content (AvgIpc) is 3.11. The highest BCUT2D eigenvalue weighted by atomic mass is 16.4. The highest BCUT2D eigenvalue weighted by molar-refractivity contribution is 6.07. The summed E-state index contributed by atoms with van der Waals surface area (Å²) >= 11 is 0. The first-order valence-electron chi connectivity index (χ1n) is 10.2. The van der Waals surface area contributed by atoms with E-state index in [1.165, 1.54) is 24.6 Å². The minimum atomic E-state index is -1.43. The van der Waals surface area contributed by atoms with Crippen molar-refractivity contribution in [2.75, 3.05) is 0 Å². The molecule has 2 atom stereocenters. The van der Waals surface area contributed by atoms with Crippen molar-refractivity contribution in [3.8, 4) is 11.1 Å². The number of imide groups is 1. The number of amides is 3. The normalized spacial score (nSPS) is 17.9. The van der Waals surface area contributed by atoms with Gasteiger partial charge in [-0.2, -0.15) is 0 Å². The lowest BCUT2D eigenvalue weighted by Crippen LogP contribution is -2.49. The number of carbonyl (C=O) groups excluding carboxylic acids is 2. The van der Waals surface area contributed by atoms with Crippen LogP contribution >= 0.6 is 0 Å². The van der Waals surface area contributed by atoms with Crippen molar-refractivity contribution < 1.29 is 24.6 Å². The van der Waals surface area contributed by atoms with Crippen LogP contribution in [0.25, 0.3) is 11.1 Å².